The molecule has 3 saturated heterocycles. The maximum absolute atomic E-state index is 13.3. The van der Waals surface area contributed by atoms with Gasteiger partial charge in [-0.25, -0.2) is 4.79 Å². The summed E-state index contributed by atoms with van der Waals surface area (Å²) in [6.45, 7) is 9.90. The molecule has 0 aromatic heterocycles. The summed E-state index contributed by atoms with van der Waals surface area (Å²) >= 11 is 0. The second-order valence-corrected chi connectivity index (χ2v) is 13.7. The van der Waals surface area contributed by atoms with Crippen LogP contribution in [-0.4, -0.2) is 62.7 Å². The van der Waals surface area contributed by atoms with E-state index in [-0.39, 0.29) is 35.1 Å². The molecule has 0 aromatic carbocycles. The predicted octanol–water partition coefficient (Wildman–Crippen LogP) is 2.71. The summed E-state index contributed by atoms with van der Waals surface area (Å²) in [5, 5.41) is 22.9. The molecule has 35 heavy (non-hydrogen) atoms. The Balaban J connectivity index is 1.19. The molecule has 0 unspecified atom stereocenters. The van der Waals surface area contributed by atoms with Crippen LogP contribution >= 0.6 is 0 Å². The van der Waals surface area contributed by atoms with Gasteiger partial charge in [-0.2, -0.15) is 0 Å². The quantitative estimate of drug-likeness (QED) is 0.456. The van der Waals surface area contributed by atoms with Crippen LogP contribution in [0.4, 0.5) is 0 Å². The van der Waals surface area contributed by atoms with Crippen molar-refractivity contribution >= 4 is 11.8 Å². The monoisotopic (exact) mass is 486 g/mol. The molecule has 0 amide bonds. The van der Waals surface area contributed by atoms with Gasteiger partial charge < -0.3 is 24.4 Å². The maximum atomic E-state index is 13.3. The van der Waals surface area contributed by atoms with Gasteiger partial charge in [-0.05, 0) is 101 Å². The predicted molar refractivity (Wildman–Crippen MR) is 124 cm³/mol. The van der Waals surface area contributed by atoms with Crippen LogP contribution in [0.25, 0.3) is 0 Å². The van der Waals surface area contributed by atoms with Gasteiger partial charge in [0.25, 0.3) is 0 Å². The highest BCUT2D eigenvalue weighted by atomic mass is 16.7. The van der Waals surface area contributed by atoms with Gasteiger partial charge in [-0.15, -0.1) is 0 Å². The summed E-state index contributed by atoms with van der Waals surface area (Å²) in [4.78, 5) is 26.0. The fourth-order valence-electron chi connectivity index (χ4n) is 10.3. The lowest BCUT2D eigenvalue weighted by Gasteiger charge is -2.59. The summed E-state index contributed by atoms with van der Waals surface area (Å²) in [5.41, 5.74) is -4.23. The van der Waals surface area contributed by atoms with Gasteiger partial charge in [0.15, 0.2) is 11.4 Å². The molecule has 13 atom stereocenters. The van der Waals surface area contributed by atoms with Crippen molar-refractivity contribution < 1.29 is 34.0 Å². The third-order valence-electron chi connectivity index (χ3n) is 12.6. The normalized spacial score (nSPS) is 61.4. The molecule has 0 radical (unpaired) electrons. The molecule has 7 nitrogen and oxygen atoms in total. The first kappa shape index (κ1) is 22.9. The lowest BCUT2D eigenvalue weighted by atomic mass is 9.44. The minimum absolute atomic E-state index is 0.0161. The smallest absolute Gasteiger partial charge is 0.341 e. The summed E-state index contributed by atoms with van der Waals surface area (Å²) < 4.78 is 17.9. The minimum atomic E-state index is -1.17. The first-order valence-electron chi connectivity index (χ1n) is 13.5. The minimum Gasteiger partial charge on any atom is -0.457 e. The van der Waals surface area contributed by atoms with Gasteiger partial charge in [0, 0.05) is 6.42 Å². The molecule has 6 fully saturated rings. The highest BCUT2D eigenvalue weighted by molar-refractivity contribution is 5.98. The van der Waals surface area contributed by atoms with Crippen molar-refractivity contribution in [3.8, 4) is 0 Å². The Morgan fingerprint density at radius 1 is 1.09 bits per heavy atom. The average molecular weight is 487 g/mol. The van der Waals surface area contributed by atoms with Crippen LogP contribution in [0.1, 0.15) is 73.1 Å². The van der Waals surface area contributed by atoms with Crippen molar-refractivity contribution in [2.75, 3.05) is 0 Å². The van der Waals surface area contributed by atoms with Crippen LogP contribution in [0.5, 0.6) is 0 Å². The van der Waals surface area contributed by atoms with E-state index >= 15 is 0 Å². The third-order valence-corrected chi connectivity index (χ3v) is 12.6. The first-order valence-corrected chi connectivity index (χ1v) is 13.5. The van der Waals surface area contributed by atoms with Gasteiger partial charge in [0.05, 0.1) is 11.5 Å². The Hall–Kier alpha value is -1.28. The number of aliphatic hydroxyl groups excluding tert-OH is 1. The van der Waals surface area contributed by atoms with Crippen molar-refractivity contribution in [1.82, 2.24) is 0 Å². The van der Waals surface area contributed by atoms with Crippen LogP contribution in [0.15, 0.2) is 12.2 Å². The second kappa shape index (κ2) is 6.23. The standard InChI is InChI=1S/C28H38O7/c1-23-11-10-16-14(12-20-28(34-20)19(30)9-8-18(29)25(16,28)3)15(23)6-7-17(23)26(4,32)21-13-24(2)27(5,35-24)22(31)33-21/h8-9,14-17,19-21,30,32H,6-7,10-13H2,1-5H3/t14-,15-,16-,17-,19-,20+,21+,23-,24-,25-,26+,27+,28+/m0/s1. The third kappa shape index (κ3) is 2.35. The number of rotatable bonds is 2. The zero-order valence-electron chi connectivity index (χ0n) is 21.4. The first-order chi connectivity index (χ1) is 16.3. The molecule has 3 heterocycles. The number of ether oxygens (including phenoxy) is 3. The Morgan fingerprint density at radius 2 is 1.83 bits per heavy atom. The lowest BCUT2D eigenvalue weighted by molar-refractivity contribution is -0.195. The van der Waals surface area contributed by atoms with Crippen molar-refractivity contribution in [3.05, 3.63) is 12.2 Å². The number of ketones is 1. The number of epoxide rings is 2. The Morgan fingerprint density at radius 3 is 2.54 bits per heavy atom. The molecular formula is C28H38O7. The van der Waals surface area contributed by atoms with E-state index < -0.39 is 40.0 Å². The molecule has 192 valence electrons. The maximum Gasteiger partial charge on any atom is 0.341 e. The number of cyclic esters (lactones) is 1. The summed E-state index contributed by atoms with van der Waals surface area (Å²) in [7, 11) is 0. The molecule has 0 bridgehead atoms. The van der Waals surface area contributed by atoms with Gasteiger partial charge >= 0.3 is 5.97 Å². The van der Waals surface area contributed by atoms with Crippen LogP contribution in [0, 0.1) is 34.5 Å². The summed E-state index contributed by atoms with van der Waals surface area (Å²) in [6, 6.07) is 0. The Bertz CT molecular complexity index is 1070. The number of fused-ring (bicyclic) bond motifs is 5. The molecule has 7 rings (SSSR count). The number of esters is 1. The van der Waals surface area contributed by atoms with E-state index in [0.29, 0.717) is 18.3 Å². The zero-order chi connectivity index (χ0) is 25.0. The van der Waals surface area contributed by atoms with Gasteiger partial charge in [0.2, 0.25) is 0 Å². The van der Waals surface area contributed by atoms with E-state index in [1.807, 2.05) is 20.8 Å². The Kier molecular flexibility index (Phi) is 4.07. The molecular weight excluding hydrogens is 448 g/mol. The fraction of sp³-hybridized carbons (Fsp3) is 0.857. The van der Waals surface area contributed by atoms with Crippen LogP contribution in [0.3, 0.4) is 0 Å². The Labute approximate surface area is 206 Å². The van der Waals surface area contributed by atoms with E-state index in [1.165, 1.54) is 0 Å². The highest BCUT2D eigenvalue weighted by Gasteiger charge is 2.81. The summed E-state index contributed by atoms with van der Waals surface area (Å²) in [5.74, 6) is 0.513. The molecule has 3 saturated carbocycles. The van der Waals surface area contributed by atoms with Crippen LogP contribution in [0.2, 0.25) is 0 Å². The van der Waals surface area contributed by atoms with Gasteiger partial charge in [-0.1, -0.05) is 6.92 Å². The van der Waals surface area contributed by atoms with Crippen LogP contribution < -0.4 is 0 Å². The topological polar surface area (TPSA) is 109 Å². The largest absolute Gasteiger partial charge is 0.457 e. The molecule has 3 aliphatic heterocycles. The molecule has 7 heteroatoms. The van der Waals surface area contributed by atoms with Crippen molar-refractivity contribution in [3.63, 3.8) is 0 Å². The van der Waals surface area contributed by atoms with E-state index in [0.717, 1.165) is 32.1 Å². The fourth-order valence-corrected chi connectivity index (χ4v) is 10.3. The van der Waals surface area contributed by atoms with Gasteiger partial charge in [0.1, 0.15) is 29.0 Å². The lowest BCUT2D eigenvalue weighted by Crippen LogP contribution is -2.64. The number of hydrogen-bond donors (Lipinski definition) is 2. The molecule has 4 aliphatic carbocycles. The second-order valence-electron chi connectivity index (χ2n) is 13.7. The average Bonchev–Trinajstić information content (AvgIpc) is 3.60. The molecule has 1 spiro atoms. The summed E-state index contributed by atoms with van der Waals surface area (Å²) in [6.07, 6.45) is 6.72. The number of carbonyl (C=O) groups excluding carboxylic acids is 2. The van der Waals surface area contributed by atoms with Gasteiger partial charge in [-0.3, -0.25) is 4.79 Å². The van der Waals surface area contributed by atoms with Crippen molar-refractivity contribution in [2.45, 2.75) is 114 Å². The zero-order valence-corrected chi connectivity index (χ0v) is 21.4. The van der Waals surface area contributed by atoms with E-state index in [1.54, 1.807) is 19.1 Å². The highest BCUT2D eigenvalue weighted by Crippen LogP contribution is 2.73. The number of carbonyl (C=O) groups is 2. The molecule has 2 N–H and O–H groups in total. The van der Waals surface area contributed by atoms with Crippen molar-refractivity contribution in [1.29, 1.82) is 0 Å². The number of allylic oxidation sites excluding steroid dienone is 1. The van der Waals surface area contributed by atoms with Crippen LogP contribution in [-0.2, 0) is 23.8 Å². The van der Waals surface area contributed by atoms with E-state index in [2.05, 4.69) is 6.92 Å². The van der Waals surface area contributed by atoms with E-state index in [4.69, 9.17) is 14.2 Å². The SMILES string of the molecule is C[C@@](O)([C@H]1CC[C@H]2[C@@H]3C[C@H]4O[C@]45[C@@H](O)C=CC(=O)[C@]5(C)[C@H]3CC[C@]12C)[C@H]1C[C@]2(C)O[C@]2(C)C(=O)O1. The van der Waals surface area contributed by atoms with Crippen molar-refractivity contribution in [2.24, 2.45) is 34.5 Å². The number of aliphatic hydroxyl groups is 2. The van der Waals surface area contributed by atoms with E-state index in [9.17, 15) is 19.8 Å². The molecule has 7 aliphatic rings. The number of hydrogen-bond acceptors (Lipinski definition) is 7. The molecule has 0 aromatic rings.